The fraction of sp³-hybridized carbons (Fsp3) is 0.667. The van der Waals surface area contributed by atoms with Crippen LogP contribution in [0.1, 0.15) is 37.8 Å². The topological polar surface area (TPSA) is 103 Å². The monoisotopic (exact) mass is 405 g/mol. The summed E-state index contributed by atoms with van der Waals surface area (Å²) in [6.45, 7) is 7.74. The van der Waals surface area contributed by atoms with Crippen LogP contribution in [0, 0.1) is 18.8 Å². The molecule has 160 valence electrons. The van der Waals surface area contributed by atoms with E-state index in [0.29, 0.717) is 26.2 Å². The maximum Gasteiger partial charge on any atom is 0.309 e. The lowest BCUT2D eigenvalue weighted by Crippen LogP contribution is -2.28. The molecule has 1 aromatic carbocycles. The average molecular weight is 405 g/mol. The van der Waals surface area contributed by atoms with Crippen molar-refractivity contribution >= 4 is 5.97 Å². The fourth-order valence-corrected chi connectivity index (χ4v) is 3.27. The van der Waals surface area contributed by atoms with Gasteiger partial charge in [0.15, 0.2) is 0 Å². The normalized spacial score (nSPS) is 19.7. The molecular weight excluding hydrogens is 374 g/mol. The maximum atomic E-state index is 12.0. The van der Waals surface area contributed by atoms with Gasteiger partial charge in [-0.1, -0.05) is 31.1 Å². The number of nitrogens with zero attached hydrogens (tertiary/aromatic N) is 3. The van der Waals surface area contributed by atoms with Gasteiger partial charge in [0.05, 0.1) is 31.8 Å². The zero-order valence-corrected chi connectivity index (χ0v) is 17.7. The van der Waals surface area contributed by atoms with Crippen LogP contribution in [-0.2, 0) is 25.6 Å². The number of azide groups is 1. The molecule has 0 spiro atoms. The van der Waals surface area contributed by atoms with Gasteiger partial charge in [0.1, 0.15) is 11.9 Å². The quantitative estimate of drug-likeness (QED) is 0.170. The molecule has 0 N–H and O–H groups in total. The summed E-state index contributed by atoms with van der Waals surface area (Å²) < 4.78 is 22.1. The summed E-state index contributed by atoms with van der Waals surface area (Å²) in [6.07, 6.45) is 0.929. The van der Waals surface area contributed by atoms with Crippen LogP contribution in [0.2, 0.25) is 0 Å². The summed E-state index contributed by atoms with van der Waals surface area (Å²) in [5, 5.41) is 3.80. The smallest absolute Gasteiger partial charge is 0.309 e. The molecule has 8 heteroatoms. The van der Waals surface area contributed by atoms with Crippen molar-refractivity contribution in [2.75, 3.05) is 26.9 Å². The van der Waals surface area contributed by atoms with E-state index in [0.717, 1.165) is 23.3 Å². The molecular formula is C21H31N3O5. The largest absolute Gasteiger partial charge is 0.493 e. The Morgan fingerprint density at radius 3 is 2.79 bits per heavy atom. The molecule has 0 aliphatic carbocycles. The minimum absolute atomic E-state index is 0.161. The molecule has 2 rings (SSSR count). The van der Waals surface area contributed by atoms with E-state index in [1.54, 1.807) is 7.11 Å². The molecule has 3 atom stereocenters. The van der Waals surface area contributed by atoms with E-state index in [-0.39, 0.29) is 24.4 Å². The lowest BCUT2D eigenvalue weighted by Gasteiger charge is -2.18. The zero-order valence-electron chi connectivity index (χ0n) is 17.7. The number of hydrogen-bond donors (Lipinski definition) is 0. The van der Waals surface area contributed by atoms with Gasteiger partial charge in [-0.15, -0.1) is 0 Å². The van der Waals surface area contributed by atoms with Crippen LogP contribution in [0.3, 0.4) is 0 Å². The molecule has 0 bridgehead atoms. The van der Waals surface area contributed by atoms with Crippen LogP contribution in [0.5, 0.6) is 5.75 Å². The standard InChI is InChI=1S/C21H31N3O5/c1-14(2)17-11-20(29-21(17)25)18(23-24-22)13-27-12-16-7-6-15(3)19(10-16)28-9-5-8-26-4/h6-7,10,14,17-18,20H,5,8-9,11-13H2,1-4H3/t17-,18-,20-/m0/s1. The molecule has 1 aliphatic heterocycles. The van der Waals surface area contributed by atoms with E-state index in [1.807, 2.05) is 39.0 Å². The summed E-state index contributed by atoms with van der Waals surface area (Å²) in [6, 6.07) is 5.38. The first kappa shape index (κ1) is 23.0. The lowest BCUT2D eigenvalue weighted by atomic mass is 9.91. The highest BCUT2D eigenvalue weighted by atomic mass is 16.6. The molecule has 29 heavy (non-hydrogen) atoms. The Bertz CT molecular complexity index is 718. The van der Waals surface area contributed by atoms with Gasteiger partial charge in [-0.3, -0.25) is 4.79 Å². The average Bonchev–Trinajstić information content (AvgIpc) is 3.08. The molecule has 1 aromatic rings. The van der Waals surface area contributed by atoms with Crippen molar-refractivity contribution in [3.05, 3.63) is 39.8 Å². The number of benzene rings is 1. The van der Waals surface area contributed by atoms with Crippen molar-refractivity contribution < 1.29 is 23.7 Å². The number of cyclic esters (lactones) is 1. The van der Waals surface area contributed by atoms with Crippen LogP contribution < -0.4 is 4.74 Å². The highest BCUT2D eigenvalue weighted by Crippen LogP contribution is 2.30. The second-order valence-corrected chi connectivity index (χ2v) is 7.64. The van der Waals surface area contributed by atoms with E-state index in [4.69, 9.17) is 24.5 Å². The van der Waals surface area contributed by atoms with E-state index < -0.39 is 12.1 Å². The summed E-state index contributed by atoms with van der Waals surface area (Å²) in [7, 11) is 1.67. The molecule has 1 saturated heterocycles. The Morgan fingerprint density at radius 1 is 1.34 bits per heavy atom. The van der Waals surface area contributed by atoms with Crippen molar-refractivity contribution in [3.63, 3.8) is 0 Å². The fourth-order valence-electron chi connectivity index (χ4n) is 3.27. The zero-order chi connectivity index (χ0) is 21.2. The first-order valence-electron chi connectivity index (χ1n) is 10.00. The summed E-state index contributed by atoms with van der Waals surface area (Å²) in [4.78, 5) is 14.9. The molecule has 0 unspecified atom stereocenters. The first-order valence-corrected chi connectivity index (χ1v) is 10.00. The molecule has 1 aliphatic rings. The van der Waals surface area contributed by atoms with Crippen molar-refractivity contribution in [1.29, 1.82) is 0 Å². The second kappa shape index (κ2) is 11.7. The predicted octanol–water partition coefficient (Wildman–Crippen LogP) is 4.19. The summed E-state index contributed by atoms with van der Waals surface area (Å²) in [5.41, 5.74) is 10.9. The SMILES string of the molecule is COCCCOc1cc(COC[C@H](N=[N+]=[N-])[C@@H]2C[C@@H](C(C)C)C(=O)O2)ccc1C. The number of carbonyl (C=O) groups excluding carboxylic acids is 1. The van der Waals surface area contributed by atoms with Gasteiger partial charge in [0.25, 0.3) is 0 Å². The molecule has 0 radical (unpaired) electrons. The van der Waals surface area contributed by atoms with E-state index >= 15 is 0 Å². The molecule has 0 aromatic heterocycles. The third-order valence-corrected chi connectivity index (χ3v) is 5.05. The van der Waals surface area contributed by atoms with Crippen molar-refractivity contribution in [2.45, 2.75) is 52.4 Å². The number of aryl methyl sites for hydroxylation is 1. The van der Waals surface area contributed by atoms with Crippen LogP contribution in [-0.4, -0.2) is 45.0 Å². The van der Waals surface area contributed by atoms with E-state index in [9.17, 15) is 4.79 Å². The van der Waals surface area contributed by atoms with Crippen LogP contribution >= 0.6 is 0 Å². The van der Waals surface area contributed by atoms with Crippen LogP contribution in [0.25, 0.3) is 10.4 Å². The number of rotatable bonds is 12. The highest BCUT2D eigenvalue weighted by Gasteiger charge is 2.40. The summed E-state index contributed by atoms with van der Waals surface area (Å²) in [5.74, 6) is 0.622. The number of ether oxygens (including phenoxy) is 4. The van der Waals surface area contributed by atoms with Crippen molar-refractivity contribution in [2.24, 2.45) is 17.0 Å². The Balaban J connectivity index is 1.89. The van der Waals surface area contributed by atoms with Gasteiger partial charge in [-0.05, 0) is 42.0 Å². The highest BCUT2D eigenvalue weighted by molar-refractivity contribution is 5.75. The van der Waals surface area contributed by atoms with Gasteiger partial charge in [0, 0.05) is 25.0 Å². The Hall–Kier alpha value is -2.28. The lowest BCUT2D eigenvalue weighted by molar-refractivity contribution is -0.146. The van der Waals surface area contributed by atoms with Crippen LogP contribution in [0.15, 0.2) is 23.3 Å². The summed E-state index contributed by atoms with van der Waals surface area (Å²) >= 11 is 0. The number of esters is 1. The van der Waals surface area contributed by atoms with Crippen molar-refractivity contribution in [3.8, 4) is 5.75 Å². The Morgan fingerprint density at radius 2 is 2.14 bits per heavy atom. The number of hydrogen-bond acceptors (Lipinski definition) is 6. The third kappa shape index (κ3) is 6.92. The van der Waals surface area contributed by atoms with Gasteiger partial charge in [-0.25, -0.2) is 0 Å². The first-order chi connectivity index (χ1) is 14.0. The van der Waals surface area contributed by atoms with Gasteiger partial charge >= 0.3 is 5.97 Å². The molecule has 1 heterocycles. The number of methoxy groups -OCH3 is 1. The van der Waals surface area contributed by atoms with Crippen LogP contribution in [0.4, 0.5) is 0 Å². The predicted molar refractivity (Wildman–Crippen MR) is 109 cm³/mol. The Kier molecular flexibility index (Phi) is 9.25. The minimum atomic E-state index is -0.539. The minimum Gasteiger partial charge on any atom is -0.493 e. The molecule has 0 amide bonds. The third-order valence-electron chi connectivity index (χ3n) is 5.05. The number of carbonyl (C=O) groups is 1. The van der Waals surface area contributed by atoms with Gasteiger partial charge < -0.3 is 18.9 Å². The maximum absolute atomic E-state index is 12.0. The van der Waals surface area contributed by atoms with Gasteiger partial charge in [0.2, 0.25) is 0 Å². The van der Waals surface area contributed by atoms with Crippen molar-refractivity contribution in [1.82, 2.24) is 0 Å². The van der Waals surface area contributed by atoms with E-state index in [1.165, 1.54) is 0 Å². The molecule has 0 saturated carbocycles. The second-order valence-electron chi connectivity index (χ2n) is 7.64. The van der Waals surface area contributed by atoms with Gasteiger partial charge in [-0.2, -0.15) is 0 Å². The molecule has 8 nitrogen and oxygen atoms in total. The molecule has 1 fully saturated rings. The Labute approximate surface area is 172 Å². The van der Waals surface area contributed by atoms with E-state index in [2.05, 4.69) is 10.0 Å².